The Morgan fingerprint density at radius 2 is 1.71 bits per heavy atom. The first-order chi connectivity index (χ1) is 13.4. The number of nitrogens with one attached hydrogen (secondary N) is 3. The number of ether oxygens (including phenoxy) is 2. The van der Waals surface area contributed by atoms with E-state index in [0.717, 1.165) is 11.0 Å². The highest BCUT2D eigenvalue weighted by Crippen LogP contribution is 2.33. The number of fused-ring (bicyclic) bond motifs is 2. The van der Waals surface area contributed by atoms with E-state index >= 15 is 0 Å². The number of sulfonamides is 1. The van der Waals surface area contributed by atoms with E-state index in [1.165, 1.54) is 11.3 Å². The van der Waals surface area contributed by atoms with Crippen LogP contribution in [0.3, 0.4) is 0 Å². The molecule has 28 heavy (non-hydrogen) atoms. The number of amides is 2. The number of nitrogens with zero attached hydrogens (tertiary/aromatic N) is 1. The summed E-state index contributed by atoms with van der Waals surface area (Å²) in [5, 5.41) is 5.75. The molecule has 0 aliphatic carbocycles. The molecule has 0 unspecified atom stereocenters. The fraction of sp³-hybridized carbons (Fsp3) is 0.176. The highest BCUT2D eigenvalue weighted by Gasteiger charge is 2.13. The Morgan fingerprint density at radius 1 is 1.04 bits per heavy atom. The number of urea groups is 1. The fourth-order valence-corrected chi connectivity index (χ4v) is 4.36. The van der Waals surface area contributed by atoms with Crippen molar-refractivity contribution in [3.8, 4) is 11.5 Å². The molecule has 3 N–H and O–H groups in total. The molecule has 0 atom stereocenters. The zero-order valence-electron chi connectivity index (χ0n) is 14.7. The van der Waals surface area contributed by atoms with Crippen LogP contribution in [-0.2, 0) is 10.0 Å². The molecule has 11 heteroatoms. The standard InChI is InChI=1S/C17H16N4O5S2/c1-28(23,24)21-17-20-12-4-2-11(9-15(12)27-17)19-16(22)18-10-3-5-13-14(8-10)26-7-6-25-13/h2-5,8-9H,6-7H2,1H3,(H,20,21)(H2,18,19,22). The number of hydrogen-bond donors (Lipinski definition) is 3. The van der Waals surface area contributed by atoms with Crippen molar-refractivity contribution in [1.29, 1.82) is 0 Å². The smallest absolute Gasteiger partial charge is 0.323 e. The molecule has 0 spiro atoms. The van der Waals surface area contributed by atoms with Gasteiger partial charge in [0.2, 0.25) is 10.0 Å². The van der Waals surface area contributed by atoms with Crippen LogP contribution in [0.1, 0.15) is 0 Å². The van der Waals surface area contributed by atoms with Crippen LogP contribution in [0.4, 0.5) is 21.3 Å². The van der Waals surface area contributed by atoms with Crippen LogP contribution in [0.15, 0.2) is 36.4 Å². The summed E-state index contributed by atoms with van der Waals surface area (Å²) in [7, 11) is -3.40. The number of anilines is 3. The van der Waals surface area contributed by atoms with Gasteiger partial charge in [-0.2, -0.15) is 0 Å². The maximum absolute atomic E-state index is 12.3. The van der Waals surface area contributed by atoms with E-state index in [0.29, 0.717) is 41.6 Å². The molecule has 9 nitrogen and oxygen atoms in total. The molecule has 1 aliphatic heterocycles. The number of benzene rings is 2. The lowest BCUT2D eigenvalue weighted by Crippen LogP contribution is -2.20. The van der Waals surface area contributed by atoms with Crippen molar-refractivity contribution in [2.75, 3.05) is 34.8 Å². The molecule has 0 bridgehead atoms. The monoisotopic (exact) mass is 420 g/mol. The first kappa shape index (κ1) is 18.3. The van der Waals surface area contributed by atoms with Crippen LogP contribution >= 0.6 is 11.3 Å². The summed E-state index contributed by atoms with van der Waals surface area (Å²) in [6, 6.07) is 9.86. The van der Waals surface area contributed by atoms with Crippen molar-refractivity contribution in [3.63, 3.8) is 0 Å². The molecule has 2 aromatic carbocycles. The van der Waals surface area contributed by atoms with Crippen molar-refractivity contribution >= 4 is 54.1 Å². The largest absolute Gasteiger partial charge is 0.486 e. The predicted molar refractivity (Wildman–Crippen MR) is 108 cm³/mol. The average Bonchev–Trinajstić information content (AvgIpc) is 3.01. The molecular formula is C17H16N4O5S2. The second-order valence-corrected chi connectivity index (χ2v) is 8.79. The van der Waals surface area contributed by atoms with Gasteiger partial charge in [0.1, 0.15) is 13.2 Å². The minimum absolute atomic E-state index is 0.273. The van der Waals surface area contributed by atoms with E-state index in [4.69, 9.17) is 9.47 Å². The number of hydrogen-bond acceptors (Lipinski definition) is 7. The van der Waals surface area contributed by atoms with Gasteiger partial charge < -0.3 is 20.1 Å². The summed E-state index contributed by atoms with van der Waals surface area (Å²) in [5.74, 6) is 1.23. The molecule has 0 saturated carbocycles. The van der Waals surface area contributed by atoms with Crippen LogP contribution in [0.25, 0.3) is 10.2 Å². The molecule has 0 radical (unpaired) electrons. The van der Waals surface area contributed by atoms with Crippen LogP contribution in [-0.4, -0.2) is 38.9 Å². The van der Waals surface area contributed by atoms with E-state index in [1.807, 2.05) is 0 Å². The van der Waals surface area contributed by atoms with Crippen molar-refractivity contribution in [3.05, 3.63) is 36.4 Å². The number of carbonyl (C=O) groups excluding carboxylic acids is 1. The Kier molecular flexibility index (Phi) is 4.69. The molecule has 2 amide bonds. The van der Waals surface area contributed by atoms with Gasteiger partial charge in [-0.3, -0.25) is 4.72 Å². The second kappa shape index (κ2) is 7.17. The van der Waals surface area contributed by atoms with E-state index in [1.54, 1.807) is 36.4 Å². The summed E-state index contributed by atoms with van der Waals surface area (Å²) >= 11 is 1.18. The quantitative estimate of drug-likeness (QED) is 0.597. The number of rotatable bonds is 4. The van der Waals surface area contributed by atoms with Gasteiger partial charge in [0.15, 0.2) is 16.6 Å². The first-order valence-electron chi connectivity index (χ1n) is 8.22. The molecule has 1 aliphatic rings. The lowest BCUT2D eigenvalue weighted by Gasteiger charge is -2.19. The normalized spacial score (nSPS) is 13.2. The fourth-order valence-electron chi connectivity index (χ4n) is 2.62. The van der Waals surface area contributed by atoms with Gasteiger partial charge in [0, 0.05) is 17.4 Å². The van der Waals surface area contributed by atoms with Gasteiger partial charge in [0.25, 0.3) is 0 Å². The molecule has 146 valence electrons. The maximum atomic E-state index is 12.3. The Balaban J connectivity index is 1.46. The van der Waals surface area contributed by atoms with Gasteiger partial charge in [-0.15, -0.1) is 0 Å². The molecule has 4 rings (SSSR count). The van der Waals surface area contributed by atoms with E-state index in [-0.39, 0.29) is 5.13 Å². The Bertz CT molecular complexity index is 1160. The van der Waals surface area contributed by atoms with E-state index < -0.39 is 16.1 Å². The molecule has 0 fully saturated rings. The van der Waals surface area contributed by atoms with Crippen molar-refractivity contribution in [2.45, 2.75) is 0 Å². The van der Waals surface area contributed by atoms with Gasteiger partial charge in [-0.05, 0) is 30.3 Å². The third kappa shape index (κ3) is 4.26. The molecule has 3 aromatic rings. The van der Waals surface area contributed by atoms with Crippen molar-refractivity contribution in [1.82, 2.24) is 4.98 Å². The second-order valence-electron chi connectivity index (χ2n) is 6.01. The maximum Gasteiger partial charge on any atom is 0.323 e. The summed E-state index contributed by atoms with van der Waals surface area (Å²) in [6.07, 6.45) is 1.06. The average molecular weight is 420 g/mol. The van der Waals surface area contributed by atoms with Crippen LogP contribution in [0, 0.1) is 0 Å². The third-order valence-electron chi connectivity index (χ3n) is 3.72. The highest BCUT2D eigenvalue weighted by molar-refractivity contribution is 7.92. The summed E-state index contributed by atoms with van der Waals surface area (Å²) < 4.78 is 36.7. The van der Waals surface area contributed by atoms with Gasteiger partial charge >= 0.3 is 6.03 Å². The Hall–Kier alpha value is -3.05. The van der Waals surface area contributed by atoms with Crippen LogP contribution in [0.5, 0.6) is 11.5 Å². The third-order valence-corrected chi connectivity index (χ3v) is 5.35. The van der Waals surface area contributed by atoms with Crippen molar-refractivity contribution in [2.24, 2.45) is 0 Å². The number of thiazole rings is 1. The molecule has 2 heterocycles. The van der Waals surface area contributed by atoms with Crippen LogP contribution < -0.4 is 24.8 Å². The van der Waals surface area contributed by atoms with E-state index in [2.05, 4.69) is 20.3 Å². The highest BCUT2D eigenvalue weighted by atomic mass is 32.2. The molecular weight excluding hydrogens is 404 g/mol. The molecule has 1 aromatic heterocycles. The zero-order valence-corrected chi connectivity index (χ0v) is 16.3. The summed E-state index contributed by atoms with van der Waals surface area (Å²) in [6.45, 7) is 0.968. The Labute approximate surface area is 164 Å². The lowest BCUT2D eigenvalue weighted by molar-refractivity contribution is 0.171. The zero-order chi connectivity index (χ0) is 19.7. The SMILES string of the molecule is CS(=O)(=O)Nc1nc2ccc(NC(=O)Nc3ccc4c(c3)OCCO4)cc2s1. The van der Waals surface area contributed by atoms with Gasteiger partial charge in [-0.1, -0.05) is 11.3 Å². The Morgan fingerprint density at radius 3 is 2.46 bits per heavy atom. The van der Waals surface area contributed by atoms with Crippen LogP contribution in [0.2, 0.25) is 0 Å². The van der Waals surface area contributed by atoms with Crippen molar-refractivity contribution < 1.29 is 22.7 Å². The minimum Gasteiger partial charge on any atom is -0.486 e. The molecule has 0 saturated heterocycles. The topological polar surface area (TPSA) is 119 Å². The predicted octanol–water partition coefficient (Wildman–Crippen LogP) is 3.08. The first-order valence-corrected chi connectivity index (χ1v) is 10.9. The van der Waals surface area contributed by atoms with E-state index in [9.17, 15) is 13.2 Å². The number of aromatic nitrogens is 1. The number of carbonyl (C=O) groups is 1. The van der Waals surface area contributed by atoms with Gasteiger partial charge in [-0.25, -0.2) is 18.2 Å². The summed E-state index contributed by atoms with van der Waals surface area (Å²) in [4.78, 5) is 16.5. The van der Waals surface area contributed by atoms with Gasteiger partial charge in [0.05, 0.1) is 16.5 Å². The lowest BCUT2D eigenvalue weighted by atomic mass is 10.2. The summed E-state index contributed by atoms with van der Waals surface area (Å²) in [5.41, 5.74) is 1.76. The minimum atomic E-state index is -3.40.